The summed E-state index contributed by atoms with van der Waals surface area (Å²) in [5.74, 6) is 0. The molecule has 1 aliphatic carbocycles. The molecule has 6 heteroatoms. The maximum Gasteiger partial charge on any atom is 0.407 e. The number of piperidine rings is 1. The van der Waals surface area contributed by atoms with Gasteiger partial charge in [0.15, 0.2) is 0 Å². The van der Waals surface area contributed by atoms with Gasteiger partial charge in [-0.15, -0.1) is 0 Å². The highest BCUT2D eigenvalue weighted by Gasteiger charge is 2.34. The van der Waals surface area contributed by atoms with Crippen LogP contribution in [-0.4, -0.2) is 59.7 Å². The summed E-state index contributed by atoms with van der Waals surface area (Å²) >= 11 is 0. The Morgan fingerprint density at radius 3 is 2.36 bits per heavy atom. The third-order valence-electron chi connectivity index (χ3n) is 3.88. The second-order valence-corrected chi connectivity index (χ2v) is 7.18. The quantitative estimate of drug-likeness (QED) is 0.868. The number of alkyl carbamates (subject to hydrolysis) is 1. The molecular formula is C16H29N3O3. The Labute approximate surface area is 133 Å². The molecular weight excluding hydrogens is 282 g/mol. The molecule has 22 heavy (non-hydrogen) atoms. The highest BCUT2D eigenvalue weighted by molar-refractivity contribution is 5.75. The van der Waals surface area contributed by atoms with Crippen LogP contribution in [0.25, 0.3) is 0 Å². The summed E-state index contributed by atoms with van der Waals surface area (Å²) in [7, 11) is 0. The molecule has 6 nitrogen and oxygen atoms in total. The summed E-state index contributed by atoms with van der Waals surface area (Å²) in [6.07, 6.45) is 5.14. The molecule has 0 bridgehead atoms. The second-order valence-electron chi connectivity index (χ2n) is 7.18. The molecule has 2 rings (SSSR count). The van der Waals surface area contributed by atoms with Crippen LogP contribution in [0.2, 0.25) is 0 Å². The van der Waals surface area contributed by atoms with E-state index in [-0.39, 0.29) is 6.03 Å². The van der Waals surface area contributed by atoms with Crippen molar-refractivity contribution in [2.75, 3.05) is 26.2 Å². The first kappa shape index (κ1) is 16.9. The van der Waals surface area contributed by atoms with E-state index in [9.17, 15) is 9.59 Å². The molecule has 0 aromatic carbocycles. The summed E-state index contributed by atoms with van der Waals surface area (Å²) in [4.78, 5) is 28.1. The van der Waals surface area contributed by atoms with Crippen LogP contribution in [0.5, 0.6) is 0 Å². The molecule has 1 aliphatic heterocycles. The number of nitrogens with one attached hydrogen (secondary N) is 1. The van der Waals surface area contributed by atoms with Crippen molar-refractivity contribution >= 4 is 12.1 Å². The maximum atomic E-state index is 12.6. The predicted octanol–water partition coefficient (Wildman–Crippen LogP) is 2.58. The number of nitrogens with zero attached hydrogens (tertiary/aromatic N) is 2. The van der Waals surface area contributed by atoms with Gasteiger partial charge in [-0.1, -0.05) is 0 Å². The number of ether oxygens (including phenoxy) is 1. The van der Waals surface area contributed by atoms with E-state index in [4.69, 9.17) is 4.74 Å². The first-order chi connectivity index (χ1) is 10.4. The number of urea groups is 1. The number of hydrogen-bond donors (Lipinski definition) is 1. The number of rotatable bonds is 4. The van der Waals surface area contributed by atoms with Gasteiger partial charge in [0.1, 0.15) is 5.60 Å². The van der Waals surface area contributed by atoms with Gasteiger partial charge in [0, 0.05) is 32.2 Å². The van der Waals surface area contributed by atoms with Crippen molar-refractivity contribution in [1.82, 2.24) is 15.1 Å². The molecule has 0 atom stereocenters. The molecule has 1 N–H and O–H groups in total. The Morgan fingerprint density at radius 1 is 1.18 bits per heavy atom. The van der Waals surface area contributed by atoms with Crippen molar-refractivity contribution in [3.8, 4) is 0 Å². The van der Waals surface area contributed by atoms with Crippen molar-refractivity contribution < 1.29 is 14.3 Å². The maximum absolute atomic E-state index is 12.6. The predicted molar refractivity (Wildman–Crippen MR) is 84.8 cm³/mol. The van der Waals surface area contributed by atoms with Gasteiger partial charge >= 0.3 is 12.1 Å². The fourth-order valence-corrected chi connectivity index (χ4v) is 2.68. The first-order valence-corrected chi connectivity index (χ1v) is 8.39. The zero-order valence-corrected chi connectivity index (χ0v) is 14.1. The minimum atomic E-state index is -0.496. The molecule has 1 saturated carbocycles. The fourth-order valence-electron chi connectivity index (χ4n) is 2.68. The van der Waals surface area contributed by atoms with Gasteiger partial charge in [0.25, 0.3) is 0 Å². The van der Waals surface area contributed by atoms with E-state index in [1.807, 2.05) is 30.6 Å². The third kappa shape index (κ3) is 5.39. The minimum Gasteiger partial charge on any atom is -0.444 e. The van der Waals surface area contributed by atoms with Crippen LogP contribution in [0.1, 0.15) is 52.9 Å². The van der Waals surface area contributed by atoms with E-state index >= 15 is 0 Å². The first-order valence-electron chi connectivity index (χ1n) is 8.39. The van der Waals surface area contributed by atoms with Crippen LogP contribution < -0.4 is 5.32 Å². The van der Waals surface area contributed by atoms with E-state index in [1.54, 1.807) is 0 Å². The highest BCUT2D eigenvalue weighted by Crippen LogP contribution is 2.28. The van der Waals surface area contributed by atoms with Crippen molar-refractivity contribution in [3.63, 3.8) is 0 Å². The zero-order valence-electron chi connectivity index (χ0n) is 14.1. The molecule has 126 valence electrons. The lowest BCUT2D eigenvalue weighted by Crippen LogP contribution is -2.49. The summed E-state index contributed by atoms with van der Waals surface area (Å²) in [6, 6.07) is 0.489. The van der Waals surface area contributed by atoms with E-state index in [0.717, 1.165) is 38.8 Å². The van der Waals surface area contributed by atoms with E-state index in [0.29, 0.717) is 19.1 Å². The molecule has 2 aliphatic rings. The summed E-state index contributed by atoms with van der Waals surface area (Å²) in [5, 5.41) is 2.74. The van der Waals surface area contributed by atoms with E-state index in [1.165, 1.54) is 6.42 Å². The van der Waals surface area contributed by atoms with Gasteiger partial charge < -0.3 is 19.9 Å². The monoisotopic (exact) mass is 311 g/mol. The Balaban J connectivity index is 1.77. The average molecular weight is 311 g/mol. The van der Waals surface area contributed by atoms with Gasteiger partial charge in [0.2, 0.25) is 0 Å². The van der Waals surface area contributed by atoms with Crippen molar-refractivity contribution in [3.05, 3.63) is 0 Å². The van der Waals surface area contributed by atoms with Crippen LogP contribution >= 0.6 is 0 Å². The number of carbonyl (C=O) groups is 2. The smallest absolute Gasteiger partial charge is 0.407 e. The molecule has 0 aromatic rings. The lowest BCUT2D eigenvalue weighted by molar-refractivity contribution is 0.0520. The molecule has 1 heterocycles. The number of likely N-dealkylation sites (tertiary alicyclic amines) is 1. The molecule has 3 amide bonds. The normalized spacial score (nSPS) is 18.8. The van der Waals surface area contributed by atoms with Crippen molar-refractivity contribution in [1.29, 1.82) is 0 Å². The van der Waals surface area contributed by atoms with Gasteiger partial charge in [-0.25, -0.2) is 9.59 Å². The third-order valence-corrected chi connectivity index (χ3v) is 3.88. The summed E-state index contributed by atoms with van der Waals surface area (Å²) < 4.78 is 5.21. The van der Waals surface area contributed by atoms with Gasteiger partial charge in [-0.2, -0.15) is 0 Å². The minimum absolute atomic E-state index is 0.133. The fraction of sp³-hybridized carbons (Fsp3) is 0.875. The number of carbonyl (C=O) groups excluding carboxylic acids is 2. The second kappa shape index (κ2) is 7.20. The molecule has 2 fully saturated rings. The molecule has 0 spiro atoms. The van der Waals surface area contributed by atoms with Crippen LogP contribution in [0, 0.1) is 0 Å². The zero-order chi connectivity index (χ0) is 16.2. The molecule has 0 radical (unpaired) electrons. The average Bonchev–Trinajstić information content (AvgIpc) is 3.26. The lowest BCUT2D eigenvalue weighted by atomic mass is 10.1. The Bertz CT molecular complexity index is 396. The van der Waals surface area contributed by atoms with Gasteiger partial charge in [0.05, 0.1) is 0 Å². The van der Waals surface area contributed by atoms with Crippen LogP contribution in [-0.2, 0) is 4.74 Å². The SMILES string of the molecule is CC(C)(C)OC(=O)NCCN(C(=O)N1CCCCC1)C1CC1. The largest absolute Gasteiger partial charge is 0.444 e. The summed E-state index contributed by atoms with van der Waals surface area (Å²) in [5.41, 5.74) is -0.496. The Hall–Kier alpha value is -1.46. The van der Waals surface area contributed by atoms with Crippen molar-refractivity contribution in [2.45, 2.75) is 64.5 Å². The topological polar surface area (TPSA) is 61.9 Å². The van der Waals surface area contributed by atoms with Gasteiger partial charge in [-0.3, -0.25) is 0 Å². The highest BCUT2D eigenvalue weighted by atomic mass is 16.6. The summed E-state index contributed by atoms with van der Waals surface area (Å²) in [6.45, 7) is 8.22. The van der Waals surface area contributed by atoms with Crippen LogP contribution in [0.4, 0.5) is 9.59 Å². The Kier molecular flexibility index (Phi) is 5.53. The van der Waals surface area contributed by atoms with Crippen molar-refractivity contribution in [2.24, 2.45) is 0 Å². The Morgan fingerprint density at radius 2 is 1.82 bits per heavy atom. The van der Waals surface area contributed by atoms with Gasteiger partial charge in [-0.05, 0) is 52.9 Å². The van der Waals surface area contributed by atoms with E-state index in [2.05, 4.69) is 5.32 Å². The molecule has 1 saturated heterocycles. The number of amides is 3. The lowest BCUT2D eigenvalue weighted by Gasteiger charge is -2.33. The van der Waals surface area contributed by atoms with Crippen LogP contribution in [0.3, 0.4) is 0 Å². The van der Waals surface area contributed by atoms with Crippen LogP contribution in [0.15, 0.2) is 0 Å². The van der Waals surface area contributed by atoms with E-state index < -0.39 is 11.7 Å². The molecule has 0 unspecified atom stereocenters. The standard InChI is InChI=1S/C16H29N3O3/c1-16(2,3)22-14(20)17-9-12-19(13-7-8-13)15(21)18-10-5-4-6-11-18/h13H,4-12H2,1-3H3,(H,17,20). The molecule has 0 aromatic heterocycles. The number of hydrogen-bond acceptors (Lipinski definition) is 3.